The minimum Gasteiger partial charge on any atom is -0.280 e. The van der Waals surface area contributed by atoms with Gasteiger partial charge in [-0.15, -0.1) is 0 Å². The average molecular weight is 586 g/mol. The van der Waals surface area contributed by atoms with Crippen molar-refractivity contribution in [3.8, 4) is 0 Å². The second-order valence-corrected chi connectivity index (χ2v) is 11.3. The first-order valence-corrected chi connectivity index (χ1v) is 12.9. The summed E-state index contributed by atoms with van der Waals surface area (Å²) in [7, 11) is -3.74. The molecule has 0 amide bonds. The smallest absolute Gasteiger partial charge is 0.261 e. The Morgan fingerprint density at radius 1 is 0.800 bits per heavy atom. The van der Waals surface area contributed by atoms with E-state index in [2.05, 4.69) is 39.4 Å². The third-order valence-corrected chi connectivity index (χ3v) is 8.39. The van der Waals surface area contributed by atoms with E-state index in [0.29, 0.717) is 20.6 Å². The zero-order valence-corrected chi connectivity index (χ0v) is 20.6. The van der Waals surface area contributed by atoms with Crippen LogP contribution in [0.3, 0.4) is 0 Å². The monoisotopic (exact) mass is 585 g/mol. The fourth-order valence-corrected chi connectivity index (χ4v) is 5.88. The number of benzene rings is 4. The Labute approximate surface area is 203 Å². The average Bonchev–Trinajstić information content (AvgIpc) is 2.70. The van der Waals surface area contributed by atoms with Crippen molar-refractivity contribution in [3.63, 3.8) is 0 Å². The van der Waals surface area contributed by atoms with Crippen LogP contribution in [0.5, 0.6) is 0 Å². The Morgan fingerprint density at radius 3 is 2.10 bits per heavy atom. The lowest BCUT2D eigenvalue weighted by Gasteiger charge is -2.12. The van der Waals surface area contributed by atoms with Crippen LogP contribution in [0.1, 0.15) is 0 Å². The molecule has 0 aliphatic carbocycles. The van der Waals surface area contributed by atoms with Crippen LogP contribution >= 0.6 is 57.6 Å². The SMILES string of the molecule is O=S(=O)(Nc1cc(Cl)c(Sc2ccc3ccccc3c2)c(Cl)c1)c1ccc(I)cc1. The molecule has 0 aromatic heterocycles. The molecule has 0 bridgehead atoms. The third-order valence-electron chi connectivity index (χ3n) is 4.32. The van der Waals surface area contributed by atoms with Gasteiger partial charge < -0.3 is 0 Å². The second-order valence-electron chi connectivity index (χ2n) is 6.44. The van der Waals surface area contributed by atoms with Gasteiger partial charge in [0.05, 0.1) is 20.6 Å². The summed E-state index contributed by atoms with van der Waals surface area (Å²) in [6.07, 6.45) is 0. The normalized spacial score (nSPS) is 11.6. The quantitative estimate of drug-likeness (QED) is 0.244. The van der Waals surface area contributed by atoms with Crippen molar-refractivity contribution >= 4 is 84.0 Å². The van der Waals surface area contributed by atoms with Crippen molar-refractivity contribution in [2.24, 2.45) is 0 Å². The maximum atomic E-state index is 12.6. The molecule has 4 aromatic carbocycles. The van der Waals surface area contributed by atoms with E-state index in [4.69, 9.17) is 23.2 Å². The Bertz CT molecular complexity index is 1320. The lowest BCUT2D eigenvalue weighted by molar-refractivity contribution is 0.601. The van der Waals surface area contributed by atoms with Crippen molar-refractivity contribution in [1.82, 2.24) is 0 Å². The molecule has 8 heteroatoms. The summed E-state index contributed by atoms with van der Waals surface area (Å²) in [6, 6.07) is 23.9. The number of hydrogen-bond donors (Lipinski definition) is 1. The largest absolute Gasteiger partial charge is 0.280 e. The van der Waals surface area contributed by atoms with E-state index in [1.54, 1.807) is 36.4 Å². The van der Waals surface area contributed by atoms with E-state index >= 15 is 0 Å². The lowest BCUT2D eigenvalue weighted by Crippen LogP contribution is -2.13. The van der Waals surface area contributed by atoms with Crippen LogP contribution in [0.4, 0.5) is 5.69 Å². The topological polar surface area (TPSA) is 46.2 Å². The Morgan fingerprint density at radius 2 is 1.43 bits per heavy atom. The fourth-order valence-electron chi connectivity index (χ4n) is 2.89. The summed E-state index contributed by atoms with van der Waals surface area (Å²) >= 11 is 16.5. The minimum atomic E-state index is -3.74. The summed E-state index contributed by atoms with van der Waals surface area (Å²) in [4.78, 5) is 1.83. The van der Waals surface area contributed by atoms with Crippen LogP contribution < -0.4 is 4.72 Å². The van der Waals surface area contributed by atoms with Crippen LogP contribution in [-0.4, -0.2) is 8.42 Å². The predicted molar refractivity (Wildman–Crippen MR) is 135 cm³/mol. The van der Waals surface area contributed by atoms with E-state index in [0.717, 1.165) is 19.2 Å². The van der Waals surface area contributed by atoms with Crippen molar-refractivity contribution in [2.45, 2.75) is 14.7 Å². The van der Waals surface area contributed by atoms with E-state index in [-0.39, 0.29) is 4.90 Å². The first kappa shape index (κ1) is 21.8. The number of nitrogens with one attached hydrogen (secondary N) is 1. The lowest BCUT2D eigenvalue weighted by atomic mass is 10.1. The molecule has 152 valence electrons. The molecule has 0 saturated heterocycles. The highest BCUT2D eigenvalue weighted by Crippen LogP contribution is 2.41. The summed E-state index contributed by atoms with van der Waals surface area (Å²) in [5.74, 6) is 0. The Kier molecular flexibility index (Phi) is 6.50. The Balaban J connectivity index is 1.60. The number of halogens is 3. The van der Waals surface area contributed by atoms with Gasteiger partial charge in [-0.05, 0) is 81.9 Å². The minimum absolute atomic E-state index is 0.171. The molecular weight excluding hydrogens is 572 g/mol. The molecule has 4 rings (SSSR count). The molecule has 0 atom stereocenters. The van der Waals surface area contributed by atoms with E-state index in [9.17, 15) is 8.42 Å². The number of anilines is 1. The second kappa shape index (κ2) is 8.96. The molecule has 0 spiro atoms. The van der Waals surface area contributed by atoms with Crippen molar-refractivity contribution in [3.05, 3.63) is 92.5 Å². The number of sulfonamides is 1. The number of fused-ring (bicyclic) bond motifs is 1. The first-order valence-electron chi connectivity index (χ1n) is 8.76. The van der Waals surface area contributed by atoms with Crippen LogP contribution in [0, 0.1) is 3.57 Å². The van der Waals surface area contributed by atoms with Gasteiger partial charge in [0, 0.05) is 13.4 Å². The van der Waals surface area contributed by atoms with Crippen LogP contribution in [0.15, 0.2) is 93.5 Å². The van der Waals surface area contributed by atoms with Gasteiger partial charge in [-0.3, -0.25) is 4.72 Å². The molecule has 0 saturated carbocycles. The maximum Gasteiger partial charge on any atom is 0.261 e. The van der Waals surface area contributed by atoms with Gasteiger partial charge in [0.1, 0.15) is 0 Å². The molecule has 4 aromatic rings. The summed E-state index contributed by atoms with van der Waals surface area (Å²) in [5.41, 5.74) is 0.311. The molecule has 3 nitrogen and oxygen atoms in total. The predicted octanol–water partition coefficient (Wildman–Crippen LogP) is 7.70. The molecule has 0 heterocycles. The molecule has 30 heavy (non-hydrogen) atoms. The van der Waals surface area contributed by atoms with Gasteiger partial charge in [0.2, 0.25) is 0 Å². The summed E-state index contributed by atoms with van der Waals surface area (Å²) in [5, 5.41) is 3.03. The Hall–Kier alpha value is -1.45. The summed E-state index contributed by atoms with van der Waals surface area (Å²) < 4.78 is 28.8. The van der Waals surface area contributed by atoms with Crippen molar-refractivity contribution in [2.75, 3.05) is 4.72 Å². The number of rotatable bonds is 5. The third kappa shape index (κ3) is 4.89. The van der Waals surface area contributed by atoms with Gasteiger partial charge in [-0.1, -0.05) is 65.3 Å². The molecular formula is C22H14Cl2INO2S2. The van der Waals surface area contributed by atoms with E-state index < -0.39 is 10.0 Å². The highest BCUT2D eigenvalue weighted by atomic mass is 127. The molecule has 1 N–H and O–H groups in total. The van der Waals surface area contributed by atoms with Crippen LogP contribution in [0.2, 0.25) is 10.0 Å². The van der Waals surface area contributed by atoms with Gasteiger partial charge in [-0.25, -0.2) is 8.42 Å². The molecule has 0 aliphatic rings. The zero-order valence-electron chi connectivity index (χ0n) is 15.3. The van der Waals surface area contributed by atoms with Gasteiger partial charge in [0.25, 0.3) is 10.0 Å². The van der Waals surface area contributed by atoms with E-state index in [1.807, 2.05) is 30.3 Å². The molecule has 0 radical (unpaired) electrons. The highest BCUT2D eigenvalue weighted by Gasteiger charge is 2.17. The number of hydrogen-bond acceptors (Lipinski definition) is 3. The van der Waals surface area contributed by atoms with Gasteiger partial charge >= 0.3 is 0 Å². The summed E-state index contributed by atoms with van der Waals surface area (Å²) in [6.45, 7) is 0. The highest BCUT2D eigenvalue weighted by molar-refractivity contribution is 14.1. The van der Waals surface area contributed by atoms with E-state index in [1.165, 1.54) is 11.8 Å². The molecule has 0 unspecified atom stereocenters. The van der Waals surface area contributed by atoms with Gasteiger partial charge in [-0.2, -0.15) is 0 Å². The van der Waals surface area contributed by atoms with Crippen LogP contribution in [0.25, 0.3) is 10.8 Å². The van der Waals surface area contributed by atoms with Gasteiger partial charge in [0.15, 0.2) is 0 Å². The molecule has 0 aliphatic heterocycles. The first-order chi connectivity index (χ1) is 14.3. The van der Waals surface area contributed by atoms with Crippen molar-refractivity contribution < 1.29 is 8.42 Å². The zero-order chi connectivity index (χ0) is 21.3. The van der Waals surface area contributed by atoms with Crippen molar-refractivity contribution in [1.29, 1.82) is 0 Å². The van der Waals surface area contributed by atoms with Crippen LogP contribution in [-0.2, 0) is 10.0 Å². The maximum absolute atomic E-state index is 12.6. The molecule has 0 fully saturated rings. The fraction of sp³-hybridized carbons (Fsp3) is 0. The standard InChI is InChI=1S/C22H14Cl2INO2S2/c23-20-12-17(26-30(27,28)19-9-6-16(25)7-10-19)13-21(24)22(20)29-18-8-5-14-3-1-2-4-15(14)11-18/h1-13,26H.